The highest BCUT2D eigenvalue weighted by atomic mass is 32.2. The Bertz CT molecular complexity index is 536. The lowest BCUT2D eigenvalue weighted by molar-refractivity contribution is 0.406. The maximum atomic E-state index is 11.6. The van der Waals surface area contributed by atoms with Gasteiger partial charge < -0.3 is 10.1 Å². The molecule has 0 amide bonds. The van der Waals surface area contributed by atoms with Gasteiger partial charge in [-0.05, 0) is 26.8 Å². The first-order valence-electron chi connectivity index (χ1n) is 6.21. The molecule has 0 aliphatic heterocycles. The second-order valence-corrected chi connectivity index (χ2v) is 8.10. The molecule has 0 fully saturated rings. The van der Waals surface area contributed by atoms with Crippen LogP contribution in [0.2, 0.25) is 0 Å². The van der Waals surface area contributed by atoms with Gasteiger partial charge in [0.1, 0.15) is 5.75 Å². The monoisotopic (exact) mass is 285 g/mol. The zero-order valence-electron chi connectivity index (χ0n) is 12.3. The van der Waals surface area contributed by atoms with E-state index in [1.807, 2.05) is 25.1 Å². The van der Waals surface area contributed by atoms with E-state index in [1.54, 1.807) is 21.0 Å². The van der Waals surface area contributed by atoms with Crippen molar-refractivity contribution < 1.29 is 13.2 Å². The number of ether oxygens (including phenoxy) is 1. The minimum absolute atomic E-state index is 0.406. The number of sulfone groups is 1. The van der Waals surface area contributed by atoms with E-state index in [-0.39, 0.29) is 0 Å². The summed E-state index contributed by atoms with van der Waals surface area (Å²) in [5.74, 6) is 0.815. The van der Waals surface area contributed by atoms with Crippen LogP contribution >= 0.6 is 0 Å². The maximum absolute atomic E-state index is 11.6. The first-order chi connectivity index (χ1) is 8.67. The van der Waals surface area contributed by atoms with E-state index < -0.39 is 14.6 Å². The molecule has 5 heteroatoms. The Morgan fingerprint density at radius 1 is 1.32 bits per heavy atom. The first kappa shape index (κ1) is 16.0. The summed E-state index contributed by atoms with van der Waals surface area (Å²) >= 11 is 0. The van der Waals surface area contributed by atoms with Gasteiger partial charge in [0.25, 0.3) is 0 Å². The highest BCUT2D eigenvalue weighted by Gasteiger charge is 2.29. The molecule has 0 spiro atoms. The number of nitrogens with one attached hydrogen (secondary N) is 1. The third-order valence-corrected chi connectivity index (χ3v) is 5.46. The van der Waals surface area contributed by atoms with Gasteiger partial charge >= 0.3 is 0 Å². The lowest BCUT2D eigenvalue weighted by Gasteiger charge is -2.23. The van der Waals surface area contributed by atoms with E-state index in [2.05, 4.69) is 5.32 Å². The molecule has 0 aliphatic rings. The van der Waals surface area contributed by atoms with Crippen molar-refractivity contribution in [3.8, 4) is 5.75 Å². The maximum Gasteiger partial charge on any atom is 0.153 e. The third kappa shape index (κ3) is 4.21. The summed E-state index contributed by atoms with van der Waals surface area (Å²) < 4.78 is 27.7. The first-order valence-corrected chi connectivity index (χ1v) is 8.10. The number of hydrogen-bond donors (Lipinski definition) is 1. The summed E-state index contributed by atoms with van der Waals surface area (Å²) in [6, 6.07) is 5.95. The summed E-state index contributed by atoms with van der Waals surface area (Å²) in [6.45, 7) is 6.46. The van der Waals surface area contributed by atoms with Gasteiger partial charge in [-0.3, -0.25) is 0 Å². The smallest absolute Gasteiger partial charge is 0.153 e. The van der Waals surface area contributed by atoms with Gasteiger partial charge in [0.15, 0.2) is 9.84 Å². The van der Waals surface area contributed by atoms with Crippen LogP contribution in [0.3, 0.4) is 0 Å². The summed E-state index contributed by atoms with van der Waals surface area (Å²) in [5.41, 5.74) is 2.19. The van der Waals surface area contributed by atoms with E-state index in [9.17, 15) is 8.42 Å². The quantitative estimate of drug-likeness (QED) is 0.867. The molecule has 0 saturated carbocycles. The fourth-order valence-electron chi connectivity index (χ4n) is 1.67. The van der Waals surface area contributed by atoms with Crippen molar-refractivity contribution in [2.45, 2.75) is 32.1 Å². The molecular weight excluding hydrogens is 262 g/mol. The van der Waals surface area contributed by atoms with E-state index in [0.29, 0.717) is 13.1 Å². The average Bonchev–Trinajstić information content (AvgIpc) is 2.27. The van der Waals surface area contributed by atoms with Crippen molar-refractivity contribution in [1.82, 2.24) is 5.32 Å². The Balaban J connectivity index is 2.71. The van der Waals surface area contributed by atoms with E-state index in [0.717, 1.165) is 16.9 Å². The average molecular weight is 285 g/mol. The zero-order valence-corrected chi connectivity index (χ0v) is 13.1. The molecule has 0 unspecified atom stereocenters. The second-order valence-electron chi connectivity index (χ2n) is 5.45. The van der Waals surface area contributed by atoms with Crippen LogP contribution in [0.25, 0.3) is 0 Å². The molecule has 0 bridgehead atoms. The Labute approximate surface area is 116 Å². The molecule has 19 heavy (non-hydrogen) atoms. The minimum atomic E-state index is -3.07. The lowest BCUT2D eigenvalue weighted by atomic mass is 10.1. The normalized spacial score (nSPS) is 12.5. The molecule has 0 aliphatic carbocycles. The van der Waals surface area contributed by atoms with Crippen molar-refractivity contribution in [3.05, 3.63) is 29.3 Å². The Hall–Kier alpha value is -1.07. The molecule has 0 aromatic heterocycles. The van der Waals surface area contributed by atoms with Crippen LogP contribution in [-0.4, -0.2) is 33.1 Å². The molecular formula is C14H23NO3S. The van der Waals surface area contributed by atoms with Crippen molar-refractivity contribution in [2.75, 3.05) is 19.9 Å². The standard InChI is InChI=1S/C14H23NO3S/c1-11-6-7-13(18-4)12(8-11)9-15-10-14(2,3)19(5,16)17/h6-8,15H,9-10H2,1-5H3. The van der Waals surface area contributed by atoms with Crippen LogP contribution < -0.4 is 10.1 Å². The van der Waals surface area contributed by atoms with Gasteiger partial charge in [0, 0.05) is 24.9 Å². The third-order valence-electron chi connectivity index (χ3n) is 3.31. The van der Waals surface area contributed by atoms with Gasteiger partial charge in [-0.15, -0.1) is 0 Å². The predicted molar refractivity (Wildman–Crippen MR) is 78.4 cm³/mol. The predicted octanol–water partition coefficient (Wildman–Crippen LogP) is 1.92. The molecule has 1 N–H and O–H groups in total. The molecule has 4 nitrogen and oxygen atoms in total. The molecule has 108 valence electrons. The van der Waals surface area contributed by atoms with Gasteiger partial charge in [0.2, 0.25) is 0 Å². The SMILES string of the molecule is COc1ccc(C)cc1CNCC(C)(C)S(C)(=O)=O. The number of rotatable bonds is 6. The molecule has 1 rings (SSSR count). The van der Waals surface area contributed by atoms with Crippen LogP contribution in [0.4, 0.5) is 0 Å². The largest absolute Gasteiger partial charge is 0.496 e. The highest BCUT2D eigenvalue weighted by Crippen LogP contribution is 2.20. The van der Waals surface area contributed by atoms with Crippen LogP contribution in [0.1, 0.15) is 25.0 Å². The van der Waals surface area contributed by atoms with Gasteiger partial charge in [0.05, 0.1) is 11.9 Å². The number of hydrogen-bond acceptors (Lipinski definition) is 4. The van der Waals surface area contributed by atoms with Crippen LogP contribution in [-0.2, 0) is 16.4 Å². The molecule has 0 atom stereocenters. The molecule has 0 saturated heterocycles. The molecule has 1 aromatic rings. The summed E-state index contributed by atoms with van der Waals surface area (Å²) in [5, 5.41) is 3.19. The molecule has 1 aromatic carbocycles. The van der Waals surface area contributed by atoms with Gasteiger partial charge in [-0.25, -0.2) is 8.42 Å². The van der Waals surface area contributed by atoms with E-state index >= 15 is 0 Å². The number of benzene rings is 1. The van der Waals surface area contributed by atoms with Crippen LogP contribution in [0, 0.1) is 6.92 Å². The zero-order chi connectivity index (χ0) is 14.7. The Kier molecular flexibility index (Phi) is 4.98. The number of aryl methyl sites for hydroxylation is 1. The Morgan fingerprint density at radius 2 is 1.95 bits per heavy atom. The lowest BCUT2D eigenvalue weighted by Crippen LogP contribution is -2.41. The number of methoxy groups -OCH3 is 1. The second kappa shape index (κ2) is 5.92. The van der Waals surface area contributed by atoms with Crippen molar-refractivity contribution in [1.29, 1.82) is 0 Å². The summed E-state index contributed by atoms with van der Waals surface area (Å²) in [7, 11) is -1.44. The Morgan fingerprint density at radius 3 is 2.47 bits per heavy atom. The topological polar surface area (TPSA) is 55.4 Å². The molecule has 0 heterocycles. The van der Waals surface area contributed by atoms with Crippen LogP contribution in [0.5, 0.6) is 5.75 Å². The van der Waals surface area contributed by atoms with E-state index in [1.165, 1.54) is 6.26 Å². The van der Waals surface area contributed by atoms with E-state index in [4.69, 9.17) is 4.74 Å². The van der Waals surface area contributed by atoms with Crippen molar-refractivity contribution >= 4 is 9.84 Å². The molecule has 0 radical (unpaired) electrons. The fraction of sp³-hybridized carbons (Fsp3) is 0.571. The van der Waals surface area contributed by atoms with Crippen molar-refractivity contribution in [3.63, 3.8) is 0 Å². The van der Waals surface area contributed by atoms with Crippen molar-refractivity contribution in [2.24, 2.45) is 0 Å². The summed E-state index contributed by atoms with van der Waals surface area (Å²) in [4.78, 5) is 0. The minimum Gasteiger partial charge on any atom is -0.496 e. The van der Waals surface area contributed by atoms with Gasteiger partial charge in [-0.1, -0.05) is 17.7 Å². The highest BCUT2D eigenvalue weighted by molar-refractivity contribution is 7.92. The van der Waals surface area contributed by atoms with Crippen LogP contribution in [0.15, 0.2) is 18.2 Å². The summed E-state index contributed by atoms with van der Waals surface area (Å²) in [6.07, 6.45) is 1.27. The van der Waals surface area contributed by atoms with Gasteiger partial charge in [-0.2, -0.15) is 0 Å². The fourth-order valence-corrected chi connectivity index (χ4v) is 2.04.